The molecule has 2 heterocycles. The van der Waals surface area contributed by atoms with Crippen molar-refractivity contribution in [2.75, 3.05) is 19.6 Å². The topological polar surface area (TPSA) is 74.6 Å². The third-order valence-corrected chi connectivity index (χ3v) is 3.69. The zero-order valence-electron chi connectivity index (χ0n) is 11.7. The van der Waals surface area contributed by atoms with Crippen LogP contribution in [0, 0.1) is 0 Å². The monoisotopic (exact) mass is 279 g/mol. The van der Waals surface area contributed by atoms with Gasteiger partial charge in [0.25, 0.3) is 5.91 Å². The van der Waals surface area contributed by atoms with Gasteiger partial charge in [0.2, 0.25) is 0 Å². The van der Waals surface area contributed by atoms with Crippen LogP contribution >= 0.6 is 0 Å². The zero-order chi connectivity index (χ0) is 14.5. The van der Waals surface area contributed by atoms with Gasteiger partial charge in [0.1, 0.15) is 12.2 Å². The Bertz CT molecular complexity index is 478. The summed E-state index contributed by atoms with van der Waals surface area (Å²) in [6, 6.07) is 3.63. The van der Waals surface area contributed by atoms with E-state index < -0.39 is 5.97 Å². The number of aromatic nitrogens is 1. The van der Waals surface area contributed by atoms with Gasteiger partial charge < -0.3 is 15.0 Å². The first-order chi connectivity index (χ1) is 9.58. The van der Waals surface area contributed by atoms with E-state index in [0.717, 1.165) is 13.1 Å². The van der Waals surface area contributed by atoms with Crippen LogP contribution in [0.5, 0.6) is 0 Å². The molecule has 2 N–H and O–H groups in total. The molecule has 0 aliphatic carbocycles. The molecule has 0 saturated carbocycles. The van der Waals surface area contributed by atoms with Crippen LogP contribution in [-0.2, 0) is 11.3 Å². The average molecular weight is 279 g/mol. The van der Waals surface area contributed by atoms with Gasteiger partial charge in [0.05, 0.1) is 0 Å². The fraction of sp³-hybridized carbons (Fsp3) is 0.571. The maximum absolute atomic E-state index is 12.1. The normalized spacial score (nSPS) is 17.1. The molecule has 1 unspecified atom stereocenters. The molecule has 0 radical (unpaired) electrons. The fourth-order valence-corrected chi connectivity index (χ4v) is 2.55. The molecule has 6 heteroatoms. The predicted octanol–water partition coefficient (Wildman–Crippen LogP) is 0.787. The number of nitrogens with zero attached hydrogens (tertiary/aromatic N) is 2. The minimum Gasteiger partial charge on any atom is -0.480 e. The molecule has 2 rings (SSSR count). The third kappa shape index (κ3) is 3.60. The molecule has 1 atom stereocenters. The summed E-state index contributed by atoms with van der Waals surface area (Å²) in [5, 5.41) is 11.7. The van der Waals surface area contributed by atoms with Gasteiger partial charge in [0.15, 0.2) is 0 Å². The number of amides is 1. The second kappa shape index (κ2) is 6.56. The number of hydrogen-bond acceptors (Lipinski definition) is 3. The largest absolute Gasteiger partial charge is 0.480 e. The number of likely N-dealkylation sites (tertiary alicyclic amines) is 1. The van der Waals surface area contributed by atoms with E-state index in [1.54, 1.807) is 18.3 Å². The van der Waals surface area contributed by atoms with Gasteiger partial charge in [-0.25, -0.2) is 0 Å². The lowest BCUT2D eigenvalue weighted by atomic mass is 10.3. The molecule has 1 fully saturated rings. The molecule has 0 aromatic carbocycles. The highest BCUT2D eigenvalue weighted by molar-refractivity contribution is 5.93. The first-order valence-corrected chi connectivity index (χ1v) is 6.97. The van der Waals surface area contributed by atoms with Crippen LogP contribution in [0.2, 0.25) is 0 Å². The van der Waals surface area contributed by atoms with Crippen molar-refractivity contribution in [1.82, 2.24) is 14.8 Å². The summed E-state index contributed by atoms with van der Waals surface area (Å²) in [4.78, 5) is 25.2. The summed E-state index contributed by atoms with van der Waals surface area (Å²) in [6.07, 6.45) is 4.05. The summed E-state index contributed by atoms with van der Waals surface area (Å²) in [6.45, 7) is 4.66. The van der Waals surface area contributed by atoms with E-state index in [4.69, 9.17) is 5.11 Å². The van der Waals surface area contributed by atoms with Gasteiger partial charge in [0, 0.05) is 18.8 Å². The molecule has 0 spiro atoms. The van der Waals surface area contributed by atoms with Crippen LogP contribution in [-0.4, -0.2) is 52.1 Å². The Balaban J connectivity index is 1.88. The lowest BCUT2D eigenvalue weighted by molar-refractivity contribution is -0.137. The molecule has 1 aliphatic heterocycles. The van der Waals surface area contributed by atoms with E-state index >= 15 is 0 Å². The quantitative estimate of drug-likeness (QED) is 0.807. The SMILES string of the molecule is CC(CNC(=O)c1cccn1CC(=O)O)N1CCCC1. The lowest BCUT2D eigenvalue weighted by Crippen LogP contribution is -2.41. The van der Waals surface area contributed by atoms with Crippen molar-refractivity contribution < 1.29 is 14.7 Å². The average Bonchev–Trinajstić information content (AvgIpc) is 3.05. The number of rotatable bonds is 6. The maximum Gasteiger partial charge on any atom is 0.323 e. The first-order valence-electron chi connectivity index (χ1n) is 6.97. The minimum atomic E-state index is -0.958. The van der Waals surface area contributed by atoms with E-state index in [1.165, 1.54) is 17.4 Å². The predicted molar refractivity (Wildman–Crippen MR) is 74.7 cm³/mol. The Hall–Kier alpha value is -1.82. The Morgan fingerprint density at radius 2 is 2.10 bits per heavy atom. The Morgan fingerprint density at radius 1 is 1.40 bits per heavy atom. The molecule has 1 aromatic rings. The van der Waals surface area contributed by atoms with E-state index in [2.05, 4.69) is 17.1 Å². The number of hydrogen-bond donors (Lipinski definition) is 2. The molecule has 1 aliphatic rings. The Labute approximate surface area is 118 Å². The van der Waals surface area contributed by atoms with Crippen LogP contribution in [0.1, 0.15) is 30.3 Å². The van der Waals surface area contributed by atoms with Crippen molar-refractivity contribution in [1.29, 1.82) is 0 Å². The number of carbonyl (C=O) groups is 2. The Morgan fingerprint density at radius 3 is 2.75 bits per heavy atom. The maximum atomic E-state index is 12.1. The van der Waals surface area contributed by atoms with Crippen LogP contribution in [0.4, 0.5) is 0 Å². The lowest BCUT2D eigenvalue weighted by Gasteiger charge is -2.23. The summed E-state index contributed by atoms with van der Waals surface area (Å²) in [5.41, 5.74) is 0.390. The smallest absolute Gasteiger partial charge is 0.323 e. The van der Waals surface area contributed by atoms with Gasteiger partial charge in [-0.15, -0.1) is 0 Å². The molecule has 1 aromatic heterocycles. The van der Waals surface area contributed by atoms with Crippen molar-refractivity contribution in [3.8, 4) is 0 Å². The van der Waals surface area contributed by atoms with Gasteiger partial charge in [-0.3, -0.25) is 14.5 Å². The molecule has 6 nitrogen and oxygen atoms in total. The van der Waals surface area contributed by atoms with Crippen LogP contribution in [0.15, 0.2) is 18.3 Å². The van der Waals surface area contributed by atoms with Crippen molar-refractivity contribution in [2.24, 2.45) is 0 Å². The van der Waals surface area contributed by atoms with Crippen molar-refractivity contribution >= 4 is 11.9 Å². The van der Waals surface area contributed by atoms with E-state index in [9.17, 15) is 9.59 Å². The van der Waals surface area contributed by atoms with E-state index in [1.807, 2.05) is 0 Å². The van der Waals surface area contributed by atoms with Crippen molar-refractivity contribution in [3.63, 3.8) is 0 Å². The second-order valence-corrected chi connectivity index (χ2v) is 5.22. The number of carboxylic acid groups (broad SMARTS) is 1. The van der Waals surface area contributed by atoms with Crippen molar-refractivity contribution in [2.45, 2.75) is 32.4 Å². The highest BCUT2D eigenvalue weighted by atomic mass is 16.4. The molecule has 20 heavy (non-hydrogen) atoms. The summed E-state index contributed by atoms with van der Waals surface area (Å²) in [7, 11) is 0. The van der Waals surface area contributed by atoms with Gasteiger partial charge >= 0.3 is 5.97 Å². The number of nitrogens with one attached hydrogen (secondary N) is 1. The number of aliphatic carboxylic acids is 1. The van der Waals surface area contributed by atoms with Gasteiger partial charge in [-0.05, 0) is 45.0 Å². The highest BCUT2D eigenvalue weighted by Gasteiger charge is 2.19. The molecule has 1 amide bonds. The second-order valence-electron chi connectivity index (χ2n) is 5.22. The summed E-state index contributed by atoms with van der Waals surface area (Å²) < 4.78 is 1.44. The van der Waals surface area contributed by atoms with Gasteiger partial charge in [-0.2, -0.15) is 0 Å². The third-order valence-electron chi connectivity index (χ3n) is 3.69. The fourth-order valence-electron chi connectivity index (χ4n) is 2.55. The Kier molecular flexibility index (Phi) is 4.79. The minimum absolute atomic E-state index is 0.197. The van der Waals surface area contributed by atoms with Gasteiger partial charge in [-0.1, -0.05) is 0 Å². The number of carbonyl (C=O) groups excluding carboxylic acids is 1. The van der Waals surface area contributed by atoms with Crippen LogP contribution < -0.4 is 5.32 Å². The number of carboxylic acids is 1. The molecular weight excluding hydrogens is 258 g/mol. The summed E-state index contributed by atoms with van der Waals surface area (Å²) in [5.74, 6) is -1.18. The van der Waals surface area contributed by atoms with Crippen molar-refractivity contribution in [3.05, 3.63) is 24.0 Å². The zero-order valence-corrected chi connectivity index (χ0v) is 11.7. The molecule has 0 bridgehead atoms. The molecule has 1 saturated heterocycles. The summed E-state index contributed by atoms with van der Waals surface area (Å²) >= 11 is 0. The first kappa shape index (κ1) is 14.6. The van der Waals surface area contributed by atoms with Crippen LogP contribution in [0.3, 0.4) is 0 Å². The standard InChI is InChI=1S/C14H21N3O3/c1-11(16-6-2-3-7-16)9-15-14(20)12-5-4-8-17(12)10-13(18)19/h4-5,8,11H,2-3,6-7,9-10H2,1H3,(H,15,20)(H,18,19). The molecular formula is C14H21N3O3. The van der Waals surface area contributed by atoms with E-state index in [-0.39, 0.29) is 12.5 Å². The highest BCUT2D eigenvalue weighted by Crippen LogP contribution is 2.11. The molecule has 110 valence electrons. The van der Waals surface area contributed by atoms with E-state index in [0.29, 0.717) is 18.3 Å². The van der Waals surface area contributed by atoms with Crippen LogP contribution in [0.25, 0.3) is 0 Å².